The van der Waals surface area contributed by atoms with Crippen molar-refractivity contribution in [1.29, 1.82) is 0 Å². The van der Waals surface area contributed by atoms with Gasteiger partial charge in [0.1, 0.15) is 0 Å². The summed E-state index contributed by atoms with van der Waals surface area (Å²) < 4.78 is 4.74. The van der Waals surface area contributed by atoms with Crippen LogP contribution in [-0.4, -0.2) is 5.97 Å². The van der Waals surface area contributed by atoms with Gasteiger partial charge in [-0.05, 0) is 18.4 Å². The average Bonchev–Trinajstić information content (AvgIpc) is 2.05. The van der Waals surface area contributed by atoms with E-state index in [1.165, 1.54) is 13.2 Å². The first-order valence-corrected chi connectivity index (χ1v) is 4.23. The number of allylic oxidation sites excluding steroid dienone is 3. The maximum atomic E-state index is 10.4. The molecule has 0 spiro atoms. The predicted molar refractivity (Wildman–Crippen MR) is 49.6 cm³/mol. The molecule has 0 aliphatic carbocycles. The Morgan fingerprint density at radius 3 is 2.50 bits per heavy atom. The van der Waals surface area contributed by atoms with Gasteiger partial charge >= 0.3 is 5.97 Å². The molecule has 0 aliphatic heterocycles. The molecule has 2 nitrogen and oxygen atoms in total. The molecule has 0 atom stereocenters. The van der Waals surface area contributed by atoms with E-state index in [1.54, 1.807) is 0 Å². The molecule has 0 amide bonds. The zero-order valence-electron chi connectivity index (χ0n) is 7.96. The Morgan fingerprint density at radius 2 is 2.08 bits per heavy atom. The van der Waals surface area contributed by atoms with Crippen molar-refractivity contribution < 1.29 is 9.53 Å². The molecule has 12 heavy (non-hydrogen) atoms. The van der Waals surface area contributed by atoms with Gasteiger partial charge in [-0.15, -0.1) is 0 Å². The van der Waals surface area contributed by atoms with Gasteiger partial charge in [0, 0.05) is 6.92 Å². The minimum absolute atomic E-state index is 0.272. The van der Waals surface area contributed by atoms with Gasteiger partial charge < -0.3 is 4.74 Å². The fourth-order valence-corrected chi connectivity index (χ4v) is 0.668. The van der Waals surface area contributed by atoms with Crippen LogP contribution in [0.25, 0.3) is 0 Å². The van der Waals surface area contributed by atoms with Crippen molar-refractivity contribution >= 4 is 5.97 Å². The van der Waals surface area contributed by atoms with Gasteiger partial charge in [0.25, 0.3) is 0 Å². The Balaban J connectivity index is 4.04. The Bertz CT molecular complexity index is 190. The SMILES string of the molecule is CCC=CC(=COC(C)=O)CC. The molecule has 0 heterocycles. The summed E-state index contributed by atoms with van der Waals surface area (Å²) in [6, 6.07) is 0. The first-order chi connectivity index (χ1) is 5.70. The fourth-order valence-electron chi connectivity index (χ4n) is 0.668. The van der Waals surface area contributed by atoms with Gasteiger partial charge in [-0.1, -0.05) is 26.0 Å². The van der Waals surface area contributed by atoms with E-state index in [9.17, 15) is 4.79 Å². The molecule has 0 aromatic rings. The number of hydrogen-bond acceptors (Lipinski definition) is 2. The van der Waals surface area contributed by atoms with Crippen molar-refractivity contribution in [1.82, 2.24) is 0 Å². The first kappa shape index (κ1) is 11.0. The van der Waals surface area contributed by atoms with Gasteiger partial charge in [0.15, 0.2) is 0 Å². The van der Waals surface area contributed by atoms with Crippen LogP contribution in [0.4, 0.5) is 0 Å². The summed E-state index contributed by atoms with van der Waals surface area (Å²) in [5.41, 5.74) is 1.03. The molecule has 0 aromatic heterocycles. The van der Waals surface area contributed by atoms with Gasteiger partial charge in [0.2, 0.25) is 0 Å². The lowest BCUT2D eigenvalue weighted by Crippen LogP contribution is -1.91. The summed E-state index contributed by atoms with van der Waals surface area (Å²) in [6.07, 6.45) is 7.40. The number of rotatable bonds is 4. The van der Waals surface area contributed by atoms with Crippen LogP contribution >= 0.6 is 0 Å². The molecule has 0 aliphatic rings. The summed E-state index contributed by atoms with van der Waals surface area (Å²) in [6.45, 7) is 5.48. The number of hydrogen-bond donors (Lipinski definition) is 0. The molecular formula is C10H16O2. The molecule has 0 saturated carbocycles. The number of carbonyl (C=O) groups excluding carboxylic acids is 1. The molecule has 68 valence electrons. The quantitative estimate of drug-likeness (QED) is 0.366. The van der Waals surface area contributed by atoms with Crippen molar-refractivity contribution in [2.45, 2.75) is 33.6 Å². The number of carbonyl (C=O) groups is 1. The summed E-state index contributed by atoms with van der Waals surface area (Å²) in [5, 5.41) is 0. The third kappa shape index (κ3) is 5.71. The Kier molecular flexibility index (Phi) is 6.07. The van der Waals surface area contributed by atoms with Crippen LogP contribution in [0.3, 0.4) is 0 Å². The van der Waals surface area contributed by atoms with Gasteiger partial charge in [-0.3, -0.25) is 4.79 Å². The van der Waals surface area contributed by atoms with Crippen LogP contribution in [0.1, 0.15) is 33.6 Å². The molecule has 0 bridgehead atoms. The minimum atomic E-state index is -0.272. The normalized spacial score (nSPS) is 12.1. The van der Waals surface area contributed by atoms with Crippen LogP contribution in [-0.2, 0) is 9.53 Å². The van der Waals surface area contributed by atoms with Crippen molar-refractivity contribution in [2.75, 3.05) is 0 Å². The van der Waals surface area contributed by atoms with E-state index in [0.717, 1.165) is 18.4 Å². The summed E-state index contributed by atoms with van der Waals surface area (Å²) in [5.74, 6) is -0.272. The van der Waals surface area contributed by atoms with Crippen molar-refractivity contribution in [3.8, 4) is 0 Å². The Hall–Kier alpha value is -1.05. The maximum absolute atomic E-state index is 10.4. The predicted octanol–water partition coefficient (Wildman–Crippen LogP) is 2.81. The molecule has 0 rings (SSSR count). The molecule has 2 heteroatoms. The van der Waals surface area contributed by atoms with E-state index in [0.29, 0.717) is 0 Å². The van der Waals surface area contributed by atoms with Crippen LogP contribution in [0, 0.1) is 0 Å². The lowest BCUT2D eigenvalue weighted by molar-refractivity contribution is -0.135. The summed E-state index contributed by atoms with van der Waals surface area (Å²) in [7, 11) is 0. The number of esters is 1. The zero-order valence-corrected chi connectivity index (χ0v) is 7.96. The Labute approximate surface area is 73.9 Å². The van der Waals surface area contributed by atoms with Crippen LogP contribution in [0.5, 0.6) is 0 Å². The maximum Gasteiger partial charge on any atom is 0.307 e. The third-order valence-corrected chi connectivity index (χ3v) is 1.35. The van der Waals surface area contributed by atoms with E-state index in [2.05, 4.69) is 6.92 Å². The van der Waals surface area contributed by atoms with E-state index < -0.39 is 0 Å². The topological polar surface area (TPSA) is 26.3 Å². The monoisotopic (exact) mass is 168 g/mol. The van der Waals surface area contributed by atoms with Crippen molar-refractivity contribution in [3.63, 3.8) is 0 Å². The molecule has 0 N–H and O–H groups in total. The fraction of sp³-hybridized carbons (Fsp3) is 0.500. The van der Waals surface area contributed by atoms with E-state index in [1.807, 2.05) is 19.1 Å². The van der Waals surface area contributed by atoms with Gasteiger partial charge in [-0.25, -0.2) is 0 Å². The van der Waals surface area contributed by atoms with E-state index in [4.69, 9.17) is 4.74 Å². The average molecular weight is 168 g/mol. The van der Waals surface area contributed by atoms with Crippen LogP contribution in [0.2, 0.25) is 0 Å². The summed E-state index contributed by atoms with van der Waals surface area (Å²) in [4.78, 5) is 10.4. The molecular weight excluding hydrogens is 152 g/mol. The second kappa shape index (κ2) is 6.65. The van der Waals surface area contributed by atoms with Crippen LogP contribution < -0.4 is 0 Å². The standard InChI is InChI=1S/C10H16O2/c1-4-6-7-10(5-2)8-12-9(3)11/h6-8H,4-5H2,1-3H3. The highest BCUT2D eigenvalue weighted by Gasteiger charge is 1.90. The second-order valence-electron chi connectivity index (χ2n) is 2.47. The zero-order chi connectivity index (χ0) is 9.40. The van der Waals surface area contributed by atoms with Crippen molar-refractivity contribution in [2.24, 2.45) is 0 Å². The lowest BCUT2D eigenvalue weighted by Gasteiger charge is -1.96. The number of ether oxygens (including phenoxy) is 1. The third-order valence-electron chi connectivity index (χ3n) is 1.35. The lowest BCUT2D eigenvalue weighted by atomic mass is 10.2. The van der Waals surface area contributed by atoms with Crippen molar-refractivity contribution in [3.05, 3.63) is 24.0 Å². The molecule has 0 fully saturated rings. The van der Waals surface area contributed by atoms with E-state index >= 15 is 0 Å². The highest BCUT2D eigenvalue weighted by Crippen LogP contribution is 2.03. The Morgan fingerprint density at radius 1 is 1.42 bits per heavy atom. The smallest absolute Gasteiger partial charge is 0.307 e. The molecule has 0 aromatic carbocycles. The highest BCUT2D eigenvalue weighted by molar-refractivity contribution is 5.66. The molecule has 0 saturated heterocycles. The van der Waals surface area contributed by atoms with Gasteiger partial charge in [0.05, 0.1) is 6.26 Å². The first-order valence-electron chi connectivity index (χ1n) is 4.23. The second-order valence-corrected chi connectivity index (χ2v) is 2.47. The largest absolute Gasteiger partial charge is 0.434 e. The highest BCUT2D eigenvalue weighted by atomic mass is 16.5. The van der Waals surface area contributed by atoms with Gasteiger partial charge in [-0.2, -0.15) is 0 Å². The van der Waals surface area contributed by atoms with E-state index in [-0.39, 0.29) is 5.97 Å². The van der Waals surface area contributed by atoms with Crippen LogP contribution in [0.15, 0.2) is 24.0 Å². The molecule has 0 radical (unpaired) electrons. The summed E-state index contributed by atoms with van der Waals surface area (Å²) >= 11 is 0. The molecule has 0 unspecified atom stereocenters. The minimum Gasteiger partial charge on any atom is -0.434 e.